The quantitative estimate of drug-likeness (QED) is 0.888. The van der Waals surface area contributed by atoms with Gasteiger partial charge in [-0.1, -0.05) is 28.1 Å². The van der Waals surface area contributed by atoms with Crippen LogP contribution in [-0.4, -0.2) is 27.3 Å². The zero-order chi connectivity index (χ0) is 15.7. The number of hydrogen-bond donors (Lipinski definition) is 1. The van der Waals surface area contributed by atoms with Crippen LogP contribution in [0.3, 0.4) is 0 Å². The molecule has 114 valence electrons. The molecule has 1 heterocycles. The first-order chi connectivity index (χ1) is 10.4. The number of benzene rings is 2. The van der Waals surface area contributed by atoms with Gasteiger partial charge in [0.2, 0.25) is 10.0 Å². The zero-order valence-corrected chi connectivity index (χ0v) is 14.0. The molecule has 0 saturated carbocycles. The summed E-state index contributed by atoms with van der Waals surface area (Å²) in [6.07, 6.45) is 0. The SMILES string of the molecule is NS(=O)(=O)c1ccc(N2CCN=C2c2cccc(Br)c2)cc1. The van der Waals surface area contributed by atoms with Gasteiger partial charge in [0.05, 0.1) is 11.4 Å². The molecule has 0 radical (unpaired) electrons. The van der Waals surface area contributed by atoms with Gasteiger partial charge in [0.15, 0.2) is 0 Å². The van der Waals surface area contributed by atoms with Gasteiger partial charge in [-0.3, -0.25) is 4.99 Å². The second-order valence-corrected chi connectivity index (χ2v) is 7.38. The van der Waals surface area contributed by atoms with Crippen LogP contribution in [0.1, 0.15) is 5.56 Å². The Labute approximate surface area is 137 Å². The molecule has 1 aliphatic rings. The normalized spacial score (nSPS) is 15.0. The third-order valence-corrected chi connectivity index (χ3v) is 4.82. The van der Waals surface area contributed by atoms with Gasteiger partial charge in [-0.25, -0.2) is 13.6 Å². The standard InChI is InChI=1S/C15H14BrN3O2S/c16-12-3-1-2-11(10-12)15-18-8-9-19(15)13-4-6-14(7-5-13)22(17,20)21/h1-7,10H,8-9H2,(H2,17,20,21). The maximum Gasteiger partial charge on any atom is 0.238 e. The first-order valence-corrected chi connectivity index (χ1v) is 9.00. The molecule has 2 aromatic rings. The summed E-state index contributed by atoms with van der Waals surface area (Å²) >= 11 is 3.46. The summed E-state index contributed by atoms with van der Waals surface area (Å²) in [5.74, 6) is 0.879. The molecule has 5 nitrogen and oxygen atoms in total. The van der Waals surface area contributed by atoms with Crippen molar-refractivity contribution in [3.63, 3.8) is 0 Å². The molecule has 0 atom stereocenters. The molecule has 0 amide bonds. The third-order valence-electron chi connectivity index (χ3n) is 3.40. The third kappa shape index (κ3) is 3.06. The molecule has 0 bridgehead atoms. The molecule has 0 aliphatic carbocycles. The molecule has 0 aromatic heterocycles. The van der Waals surface area contributed by atoms with Crippen molar-refractivity contribution in [3.05, 3.63) is 58.6 Å². The Kier molecular flexibility index (Phi) is 4.03. The number of anilines is 1. The van der Waals surface area contributed by atoms with Crippen molar-refractivity contribution in [1.29, 1.82) is 0 Å². The van der Waals surface area contributed by atoms with Crippen LogP contribution in [0.2, 0.25) is 0 Å². The van der Waals surface area contributed by atoms with E-state index in [0.717, 1.165) is 28.1 Å². The molecule has 0 spiro atoms. The van der Waals surface area contributed by atoms with Crippen molar-refractivity contribution in [2.75, 3.05) is 18.0 Å². The first-order valence-electron chi connectivity index (χ1n) is 6.66. The highest BCUT2D eigenvalue weighted by molar-refractivity contribution is 9.10. The number of amidine groups is 1. The van der Waals surface area contributed by atoms with Gasteiger partial charge in [-0.05, 0) is 36.4 Å². The highest BCUT2D eigenvalue weighted by Crippen LogP contribution is 2.23. The van der Waals surface area contributed by atoms with E-state index < -0.39 is 10.0 Å². The van der Waals surface area contributed by atoms with E-state index in [1.807, 2.05) is 24.3 Å². The lowest BCUT2D eigenvalue weighted by molar-refractivity contribution is 0.598. The fourth-order valence-corrected chi connectivity index (χ4v) is 3.30. The van der Waals surface area contributed by atoms with E-state index in [1.54, 1.807) is 12.1 Å². The molecule has 0 unspecified atom stereocenters. The Bertz CT molecular complexity index is 832. The summed E-state index contributed by atoms with van der Waals surface area (Å²) in [5.41, 5.74) is 1.91. The maximum atomic E-state index is 11.3. The Morgan fingerprint density at radius 3 is 2.50 bits per heavy atom. The predicted molar refractivity (Wildman–Crippen MR) is 90.7 cm³/mol. The molecule has 2 aromatic carbocycles. The van der Waals surface area contributed by atoms with Gasteiger partial charge in [0.25, 0.3) is 0 Å². The molecule has 2 N–H and O–H groups in total. The average Bonchev–Trinajstić information content (AvgIpc) is 2.96. The van der Waals surface area contributed by atoms with Crippen molar-refractivity contribution in [2.45, 2.75) is 4.90 Å². The highest BCUT2D eigenvalue weighted by atomic mass is 79.9. The monoisotopic (exact) mass is 379 g/mol. The predicted octanol–water partition coefficient (Wildman–Crippen LogP) is 2.36. The molecular weight excluding hydrogens is 366 g/mol. The van der Waals surface area contributed by atoms with Gasteiger partial charge in [-0.2, -0.15) is 0 Å². The lowest BCUT2D eigenvalue weighted by Crippen LogP contribution is -2.28. The van der Waals surface area contributed by atoms with Crippen molar-refractivity contribution in [1.82, 2.24) is 0 Å². The van der Waals surface area contributed by atoms with E-state index >= 15 is 0 Å². The highest BCUT2D eigenvalue weighted by Gasteiger charge is 2.20. The summed E-state index contributed by atoms with van der Waals surface area (Å²) < 4.78 is 23.6. The van der Waals surface area contributed by atoms with E-state index in [4.69, 9.17) is 5.14 Å². The number of rotatable bonds is 3. The number of primary sulfonamides is 1. The van der Waals surface area contributed by atoms with Gasteiger partial charge in [-0.15, -0.1) is 0 Å². The summed E-state index contributed by atoms with van der Waals surface area (Å²) in [6.45, 7) is 1.47. The molecule has 3 rings (SSSR count). The Balaban J connectivity index is 1.93. The number of aliphatic imine (C=N–C) groups is 1. The van der Waals surface area contributed by atoms with Crippen molar-refractivity contribution in [2.24, 2.45) is 10.1 Å². The molecule has 7 heteroatoms. The summed E-state index contributed by atoms with van der Waals surface area (Å²) in [5, 5.41) is 5.12. The number of hydrogen-bond acceptors (Lipinski definition) is 4. The molecule has 0 fully saturated rings. The van der Waals surface area contributed by atoms with Gasteiger partial charge < -0.3 is 4.90 Å². The van der Waals surface area contributed by atoms with Gasteiger partial charge >= 0.3 is 0 Å². The van der Waals surface area contributed by atoms with Crippen LogP contribution in [0.4, 0.5) is 5.69 Å². The minimum absolute atomic E-state index is 0.108. The zero-order valence-electron chi connectivity index (χ0n) is 11.6. The van der Waals surface area contributed by atoms with Crippen LogP contribution in [0.25, 0.3) is 0 Å². The minimum atomic E-state index is -3.67. The van der Waals surface area contributed by atoms with Crippen LogP contribution in [-0.2, 0) is 10.0 Å². The fraction of sp³-hybridized carbons (Fsp3) is 0.133. The second-order valence-electron chi connectivity index (χ2n) is 4.91. The number of nitrogens with zero attached hydrogens (tertiary/aromatic N) is 2. The van der Waals surface area contributed by atoms with E-state index in [1.165, 1.54) is 12.1 Å². The average molecular weight is 380 g/mol. The Hall–Kier alpha value is -1.70. The van der Waals surface area contributed by atoms with E-state index in [9.17, 15) is 8.42 Å². The minimum Gasteiger partial charge on any atom is -0.324 e. The van der Waals surface area contributed by atoms with E-state index in [0.29, 0.717) is 6.54 Å². The number of nitrogens with two attached hydrogens (primary N) is 1. The summed E-state index contributed by atoms with van der Waals surface area (Å²) in [7, 11) is -3.67. The molecule has 1 aliphatic heterocycles. The van der Waals surface area contributed by atoms with Crippen LogP contribution in [0.15, 0.2) is 62.9 Å². The number of sulfonamides is 1. The van der Waals surface area contributed by atoms with E-state index in [2.05, 4.69) is 25.8 Å². The van der Waals surface area contributed by atoms with Crippen molar-refractivity contribution < 1.29 is 8.42 Å². The van der Waals surface area contributed by atoms with Crippen LogP contribution in [0, 0.1) is 0 Å². The Morgan fingerprint density at radius 2 is 1.86 bits per heavy atom. The summed E-state index contributed by atoms with van der Waals surface area (Å²) in [6, 6.07) is 14.5. The van der Waals surface area contributed by atoms with E-state index in [-0.39, 0.29) is 4.90 Å². The van der Waals surface area contributed by atoms with Crippen LogP contribution in [0.5, 0.6) is 0 Å². The smallest absolute Gasteiger partial charge is 0.238 e. The lowest BCUT2D eigenvalue weighted by atomic mass is 10.2. The molecular formula is C15H14BrN3O2S. The molecule has 0 saturated heterocycles. The van der Waals surface area contributed by atoms with Gasteiger partial charge in [0, 0.05) is 22.3 Å². The van der Waals surface area contributed by atoms with Crippen LogP contribution < -0.4 is 10.0 Å². The number of halogens is 1. The topological polar surface area (TPSA) is 75.8 Å². The lowest BCUT2D eigenvalue weighted by Gasteiger charge is -2.21. The van der Waals surface area contributed by atoms with Gasteiger partial charge in [0.1, 0.15) is 5.84 Å². The van der Waals surface area contributed by atoms with Crippen LogP contribution >= 0.6 is 15.9 Å². The first kappa shape index (κ1) is 15.2. The fourth-order valence-electron chi connectivity index (χ4n) is 2.39. The summed E-state index contributed by atoms with van der Waals surface area (Å²) in [4.78, 5) is 6.73. The van der Waals surface area contributed by atoms with Crippen molar-refractivity contribution >= 4 is 37.5 Å². The second kappa shape index (κ2) is 5.83. The van der Waals surface area contributed by atoms with Crippen molar-refractivity contribution in [3.8, 4) is 0 Å². The maximum absolute atomic E-state index is 11.3. The molecule has 22 heavy (non-hydrogen) atoms. The Morgan fingerprint density at radius 1 is 1.14 bits per heavy atom. The largest absolute Gasteiger partial charge is 0.324 e.